The lowest BCUT2D eigenvalue weighted by atomic mass is 10.3. The average molecular weight is 347 g/mol. The van der Waals surface area contributed by atoms with Crippen molar-refractivity contribution in [2.24, 2.45) is 10.7 Å². The van der Waals surface area contributed by atoms with Crippen LogP contribution in [0.1, 0.15) is 12.8 Å². The highest BCUT2D eigenvalue weighted by atomic mass is 19.4. The summed E-state index contributed by atoms with van der Waals surface area (Å²) in [4.78, 5) is 4.13. The van der Waals surface area contributed by atoms with Crippen LogP contribution in [0.2, 0.25) is 0 Å². The van der Waals surface area contributed by atoms with Gasteiger partial charge in [0.2, 0.25) is 0 Å². The minimum Gasteiger partial charge on any atom is -0.406 e. The molecule has 3 N–H and O–H groups in total. The van der Waals surface area contributed by atoms with Crippen LogP contribution < -0.4 is 15.8 Å². The fourth-order valence-electron chi connectivity index (χ4n) is 2.09. The first-order chi connectivity index (χ1) is 11.4. The third-order valence-electron chi connectivity index (χ3n) is 3.19. The van der Waals surface area contributed by atoms with Gasteiger partial charge in [-0.1, -0.05) is 0 Å². The second kappa shape index (κ2) is 8.74. The molecule has 0 radical (unpaired) electrons. The maximum atomic E-state index is 12.1. The normalized spacial score (nSPS) is 18.6. The van der Waals surface area contributed by atoms with E-state index in [1.165, 1.54) is 24.3 Å². The molecular formula is C15H20F3N3O3. The quantitative estimate of drug-likeness (QED) is 0.450. The summed E-state index contributed by atoms with van der Waals surface area (Å²) in [5, 5.41) is 2.79. The molecule has 6 nitrogen and oxygen atoms in total. The number of hydrogen-bond donors (Lipinski definition) is 2. The molecule has 0 bridgehead atoms. The number of guanidine groups is 1. The Balaban J connectivity index is 1.67. The Morgan fingerprint density at radius 3 is 2.71 bits per heavy atom. The Bertz CT molecular complexity index is 529. The number of hydrogen-bond acceptors (Lipinski definition) is 4. The second-order valence-corrected chi connectivity index (χ2v) is 5.17. The lowest BCUT2D eigenvalue weighted by Crippen LogP contribution is -2.23. The fourth-order valence-corrected chi connectivity index (χ4v) is 2.09. The number of anilines is 1. The number of nitrogens with one attached hydrogen (secondary N) is 1. The highest BCUT2D eigenvalue weighted by Gasteiger charge is 2.30. The molecule has 1 saturated heterocycles. The van der Waals surface area contributed by atoms with E-state index in [0.717, 1.165) is 19.4 Å². The Morgan fingerprint density at radius 2 is 2.08 bits per heavy atom. The van der Waals surface area contributed by atoms with Gasteiger partial charge in [-0.15, -0.1) is 13.2 Å². The summed E-state index contributed by atoms with van der Waals surface area (Å²) in [6, 6.07) is 5.24. The van der Waals surface area contributed by atoms with Gasteiger partial charge in [0, 0.05) is 25.4 Å². The number of aliphatic imine (C=N–C) groups is 1. The molecule has 1 aromatic carbocycles. The molecule has 1 aliphatic heterocycles. The zero-order valence-electron chi connectivity index (χ0n) is 13.0. The van der Waals surface area contributed by atoms with E-state index >= 15 is 0 Å². The van der Waals surface area contributed by atoms with Gasteiger partial charge in [-0.05, 0) is 37.1 Å². The predicted octanol–water partition coefficient (Wildman–Crippen LogP) is 2.51. The smallest absolute Gasteiger partial charge is 0.406 e. The minimum atomic E-state index is -4.71. The van der Waals surface area contributed by atoms with Crippen molar-refractivity contribution >= 4 is 11.6 Å². The zero-order chi connectivity index (χ0) is 17.4. The molecule has 1 heterocycles. The minimum absolute atomic E-state index is 0.168. The summed E-state index contributed by atoms with van der Waals surface area (Å²) >= 11 is 0. The molecule has 1 aliphatic rings. The van der Waals surface area contributed by atoms with Crippen molar-refractivity contribution in [1.82, 2.24) is 0 Å². The number of halogens is 3. The third kappa shape index (κ3) is 7.05. The molecule has 1 atom stereocenters. The van der Waals surface area contributed by atoms with Crippen molar-refractivity contribution in [2.75, 3.05) is 31.7 Å². The van der Waals surface area contributed by atoms with Gasteiger partial charge in [0.1, 0.15) is 5.75 Å². The van der Waals surface area contributed by atoms with Gasteiger partial charge in [0.15, 0.2) is 5.96 Å². The molecule has 1 unspecified atom stereocenters. The van der Waals surface area contributed by atoms with Crippen molar-refractivity contribution in [3.63, 3.8) is 0 Å². The summed E-state index contributed by atoms with van der Waals surface area (Å²) in [6.07, 6.45) is -2.90. The largest absolute Gasteiger partial charge is 0.573 e. The van der Waals surface area contributed by atoms with E-state index in [4.69, 9.17) is 15.2 Å². The summed E-state index contributed by atoms with van der Waals surface area (Å²) in [5.74, 6) is -0.111. The molecule has 0 amide bonds. The van der Waals surface area contributed by atoms with Gasteiger partial charge < -0.3 is 25.3 Å². The zero-order valence-corrected chi connectivity index (χ0v) is 13.0. The van der Waals surface area contributed by atoms with Gasteiger partial charge in [-0.3, -0.25) is 4.99 Å². The molecule has 9 heteroatoms. The molecule has 0 aliphatic carbocycles. The summed E-state index contributed by atoms with van der Waals surface area (Å²) < 4.78 is 50.8. The number of nitrogens with zero attached hydrogens (tertiary/aromatic N) is 1. The van der Waals surface area contributed by atoms with Crippen LogP contribution >= 0.6 is 0 Å². The summed E-state index contributed by atoms with van der Waals surface area (Å²) in [5.41, 5.74) is 6.24. The van der Waals surface area contributed by atoms with Gasteiger partial charge >= 0.3 is 6.36 Å². The van der Waals surface area contributed by atoms with E-state index in [0.29, 0.717) is 25.4 Å². The van der Waals surface area contributed by atoms with Crippen molar-refractivity contribution in [1.29, 1.82) is 0 Å². The van der Waals surface area contributed by atoms with Gasteiger partial charge in [-0.25, -0.2) is 0 Å². The average Bonchev–Trinajstić information content (AvgIpc) is 3.01. The molecular weight excluding hydrogens is 327 g/mol. The van der Waals surface area contributed by atoms with Crippen LogP contribution in [-0.4, -0.2) is 44.8 Å². The van der Waals surface area contributed by atoms with Crippen LogP contribution in [0.25, 0.3) is 0 Å². The summed E-state index contributed by atoms with van der Waals surface area (Å²) in [7, 11) is 0. The Labute approximate surface area is 137 Å². The fraction of sp³-hybridized carbons (Fsp3) is 0.533. The van der Waals surface area contributed by atoms with Crippen molar-refractivity contribution in [2.45, 2.75) is 25.3 Å². The summed E-state index contributed by atoms with van der Waals surface area (Å²) in [6.45, 7) is 2.45. The van der Waals surface area contributed by atoms with Crippen molar-refractivity contribution < 1.29 is 27.4 Å². The van der Waals surface area contributed by atoms with E-state index in [9.17, 15) is 13.2 Å². The lowest BCUT2D eigenvalue weighted by molar-refractivity contribution is -0.274. The molecule has 24 heavy (non-hydrogen) atoms. The molecule has 134 valence electrons. The highest BCUT2D eigenvalue weighted by Crippen LogP contribution is 2.23. The lowest BCUT2D eigenvalue weighted by Gasteiger charge is -2.10. The van der Waals surface area contributed by atoms with Crippen molar-refractivity contribution in [3.8, 4) is 5.75 Å². The predicted molar refractivity (Wildman–Crippen MR) is 83.0 cm³/mol. The molecule has 0 aromatic heterocycles. The van der Waals surface area contributed by atoms with E-state index in [1.807, 2.05) is 0 Å². The van der Waals surface area contributed by atoms with Crippen LogP contribution in [0, 0.1) is 0 Å². The molecule has 2 rings (SSSR count). The SMILES string of the molecule is NC(=NCCCOC1CCOC1)Nc1ccc(OC(F)(F)F)cc1. The second-order valence-electron chi connectivity index (χ2n) is 5.17. The maximum absolute atomic E-state index is 12.1. The van der Waals surface area contributed by atoms with Crippen LogP contribution in [-0.2, 0) is 9.47 Å². The highest BCUT2D eigenvalue weighted by molar-refractivity contribution is 5.92. The number of ether oxygens (including phenoxy) is 3. The molecule has 1 aromatic rings. The molecule has 0 saturated carbocycles. The maximum Gasteiger partial charge on any atom is 0.573 e. The molecule has 1 fully saturated rings. The van der Waals surface area contributed by atoms with Gasteiger partial charge in [-0.2, -0.15) is 0 Å². The number of alkyl halides is 3. The standard InChI is InChI=1S/C15H20F3N3O3/c16-15(17,18)24-12-4-2-11(3-5-12)21-14(19)20-7-1-8-23-13-6-9-22-10-13/h2-5,13H,1,6-10H2,(H3,19,20,21). The monoisotopic (exact) mass is 347 g/mol. The number of nitrogens with two attached hydrogens (primary N) is 1. The number of benzene rings is 1. The molecule has 0 spiro atoms. The van der Waals surface area contributed by atoms with Gasteiger partial charge in [0.25, 0.3) is 0 Å². The van der Waals surface area contributed by atoms with E-state index < -0.39 is 6.36 Å². The van der Waals surface area contributed by atoms with Crippen LogP contribution in [0.3, 0.4) is 0 Å². The number of rotatable bonds is 7. The van der Waals surface area contributed by atoms with Crippen LogP contribution in [0.4, 0.5) is 18.9 Å². The van der Waals surface area contributed by atoms with E-state index in [2.05, 4.69) is 15.0 Å². The topological polar surface area (TPSA) is 78.1 Å². The first-order valence-electron chi connectivity index (χ1n) is 7.54. The van der Waals surface area contributed by atoms with E-state index in [-0.39, 0.29) is 17.8 Å². The third-order valence-corrected chi connectivity index (χ3v) is 3.19. The first kappa shape index (κ1) is 18.3. The van der Waals surface area contributed by atoms with E-state index in [1.54, 1.807) is 0 Å². The van der Waals surface area contributed by atoms with Crippen LogP contribution in [0.15, 0.2) is 29.3 Å². The van der Waals surface area contributed by atoms with Crippen molar-refractivity contribution in [3.05, 3.63) is 24.3 Å². The first-order valence-corrected chi connectivity index (χ1v) is 7.54. The Hall–Kier alpha value is -2.00. The Kier molecular flexibility index (Phi) is 6.68. The van der Waals surface area contributed by atoms with Crippen LogP contribution in [0.5, 0.6) is 5.75 Å². The Morgan fingerprint density at radius 1 is 1.33 bits per heavy atom. The van der Waals surface area contributed by atoms with Gasteiger partial charge in [0.05, 0.1) is 12.7 Å².